The Morgan fingerprint density at radius 2 is 1.83 bits per heavy atom. The topological polar surface area (TPSA) is 65.7 Å². The predicted molar refractivity (Wildman–Crippen MR) is 69.8 cm³/mol. The summed E-state index contributed by atoms with van der Waals surface area (Å²) in [7, 11) is 0. The zero-order valence-corrected chi connectivity index (χ0v) is 10.4. The van der Waals surface area contributed by atoms with E-state index in [0.29, 0.717) is 11.1 Å². The average molecular weight is 244 g/mol. The zero-order valence-electron chi connectivity index (χ0n) is 10.4. The summed E-state index contributed by atoms with van der Waals surface area (Å²) in [6.45, 7) is 2.05. The molecular formula is C14H16N2O2. The van der Waals surface area contributed by atoms with Gasteiger partial charge in [-0.15, -0.1) is 0 Å². The molecule has 1 aromatic carbocycles. The number of ketones is 1. The number of carbonyl (C=O) groups excluding carboxylic acids is 1. The number of imidazole rings is 1. The minimum atomic E-state index is -0.235. The van der Waals surface area contributed by atoms with Gasteiger partial charge in [-0.1, -0.05) is 19.8 Å². The van der Waals surface area contributed by atoms with Gasteiger partial charge in [0.15, 0.2) is 5.78 Å². The summed E-state index contributed by atoms with van der Waals surface area (Å²) < 4.78 is 0. The van der Waals surface area contributed by atoms with Gasteiger partial charge in [0.25, 0.3) is 0 Å². The SMILES string of the molecule is CC1(C(=O)c2ccc3[nH]c(=O)[nH]c3c2)CCCC1. The molecule has 1 aliphatic carbocycles. The number of hydrogen-bond acceptors (Lipinski definition) is 2. The first-order valence-electron chi connectivity index (χ1n) is 6.35. The predicted octanol–water partition coefficient (Wildman–Crippen LogP) is 2.62. The van der Waals surface area contributed by atoms with Crippen LogP contribution in [0.4, 0.5) is 0 Å². The van der Waals surface area contributed by atoms with Gasteiger partial charge in [-0.25, -0.2) is 4.79 Å². The molecule has 0 spiro atoms. The Kier molecular flexibility index (Phi) is 2.40. The summed E-state index contributed by atoms with van der Waals surface area (Å²) in [6, 6.07) is 5.37. The molecule has 18 heavy (non-hydrogen) atoms. The Morgan fingerprint density at radius 1 is 1.17 bits per heavy atom. The third-order valence-corrected chi connectivity index (χ3v) is 4.03. The highest BCUT2D eigenvalue weighted by Crippen LogP contribution is 2.40. The van der Waals surface area contributed by atoms with Crippen LogP contribution in [-0.2, 0) is 0 Å². The van der Waals surface area contributed by atoms with Crippen molar-refractivity contribution in [2.45, 2.75) is 32.6 Å². The fraction of sp³-hybridized carbons (Fsp3) is 0.429. The normalized spacial score (nSPS) is 18.3. The number of benzene rings is 1. The number of aromatic amines is 2. The van der Waals surface area contributed by atoms with Gasteiger partial charge < -0.3 is 9.97 Å². The molecule has 0 atom stereocenters. The van der Waals surface area contributed by atoms with E-state index in [0.717, 1.165) is 31.2 Å². The fourth-order valence-corrected chi connectivity index (χ4v) is 2.90. The van der Waals surface area contributed by atoms with Crippen LogP contribution >= 0.6 is 0 Å². The van der Waals surface area contributed by atoms with Gasteiger partial charge in [0.1, 0.15) is 0 Å². The molecule has 0 unspecified atom stereocenters. The summed E-state index contributed by atoms with van der Waals surface area (Å²) in [5.74, 6) is 0.198. The van der Waals surface area contributed by atoms with Crippen molar-refractivity contribution in [1.29, 1.82) is 0 Å². The zero-order chi connectivity index (χ0) is 12.8. The van der Waals surface area contributed by atoms with Crippen molar-refractivity contribution in [2.75, 3.05) is 0 Å². The van der Waals surface area contributed by atoms with Crippen molar-refractivity contribution in [3.05, 3.63) is 34.2 Å². The number of H-pyrrole nitrogens is 2. The molecule has 1 aliphatic rings. The van der Waals surface area contributed by atoms with E-state index < -0.39 is 0 Å². The molecule has 0 saturated heterocycles. The van der Waals surface area contributed by atoms with Gasteiger partial charge in [0.05, 0.1) is 11.0 Å². The van der Waals surface area contributed by atoms with Crippen molar-refractivity contribution < 1.29 is 4.79 Å². The molecule has 0 amide bonds. The number of hydrogen-bond donors (Lipinski definition) is 2. The van der Waals surface area contributed by atoms with E-state index in [-0.39, 0.29) is 16.9 Å². The largest absolute Gasteiger partial charge is 0.323 e. The number of rotatable bonds is 2. The number of fused-ring (bicyclic) bond motifs is 1. The second-order valence-corrected chi connectivity index (χ2v) is 5.44. The van der Waals surface area contributed by atoms with Crippen LogP contribution in [0.5, 0.6) is 0 Å². The molecule has 0 bridgehead atoms. The third-order valence-electron chi connectivity index (χ3n) is 4.03. The first-order valence-corrected chi connectivity index (χ1v) is 6.35. The third kappa shape index (κ3) is 1.68. The van der Waals surface area contributed by atoms with Crippen LogP contribution in [0.1, 0.15) is 43.0 Å². The monoisotopic (exact) mass is 244 g/mol. The second-order valence-electron chi connectivity index (χ2n) is 5.44. The highest BCUT2D eigenvalue weighted by Gasteiger charge is 2.36. The lowest BCUT2D eigenvalue weighted by atomic mass is 9.81. The summed E-state index contributed by atoms with van der Waals surface area (Å²) in [5, 5.41) is 0. The van der Waals surface area contributed by atoms with Crippen molar-refractivity contribution in [3.63, 3.8) is 0 Å². The molecule has 0 radical (unpaired) electrons. The number of aromatic nitrogens is 2. The van der Waals surface area contributed by atoms with Crippen LogP contribution in [0.2, 0.25) is 0 Å². The van der Waals surface area contributed by atoms with Gasteiger partial charge in [-0.2, -0.15) is 0 Å². The first-order chi connectivity index (χ1) is 8.58. The summed E-state index contributed by atoms with van der Waals surface area (Å²) in [5.41, 5.74) is 1.69. The summed E-state index contributed by atoms with van der Waals surface area (Å²) >= 11 is 0. The minimum Gasteiger partial charge on any atom is -0.306 e. The van der Waals surface area contributed by atoms with Gasteiger partial charge in [-0.05, 0) is 31.0 Å². The van der Waals surface area contributed by atoms with E-state index in [9.17, 15) is 9.59 Å². The Bertz CT molecular complexity index is 660. The highest BCUT2D eigenvalue weighted by atomic mass is 16.1. The number of nitrogens with one attached hydrogen (secondary N) is 2. The maximum Gasteiger partial charge on any atom is 0.323 e. The molecule has 2 aromatic rings. The lowest BCUT2D eigenvalue weighted by molar-refractivity contribution is 0.0823. The van der Waals surface area contributed by atoms with Gasteiger partial charge in [-0.3, -0.25) is 4.79 Å². The molecule has 1 fully saturated rings. The molecule has 4 nitrogen and oxygen atoms in total. The molecule has 3 rings (SSSR count). The van der Waals surface area contributed by atoms with Gasteiger partial charge >= 0.3 is 5.69 Å². The number of carbonyl (C=O) groups is 1. The first kappa shape index (κ1) is 11.3. The van der Waals surface area contributed by atoms with E-state index in [1.165, 1.54) is 0 Å². The van der Waals surface area contributed by atoms with Crippen molar-refractivity contribution in [2.24, 2.45) is 5.41 Å². The Morgan fingerprint density at radius 3 is 2.56 bits per heavy atom. The molecule has 1 aromatic heterocycles. The van der Waals surface area contributed by atoms with Crippen LogP contribution in [0.25, 0.3) is 11.0 Å². The minimum absolute atomic E-state index is 0.198. The molecule has 0 aliphatic heterocycles. The smallest absolute Gasteiger partial charge is 0.306 e. The maximum atomic E-state index is 12.5. The van der Waals surface area contributed by atoms with Crippen LogP contribution < -0.4 is 5.69 Å². The van der Waals surface area contributed by atoms with Gasteiger partial charge in [0.2, 0.25) is 0 Å². The lowest BCUT2D eigenvalue weighted by Crippen LogP contribution is -2.24. The lowest BCUT2D eigenvalue weighted by Gasteiger charge is -2.21. The molecular weight excluding hydrogens is 228 g/mol. The van der Waals surface area contributed by atoms with Crippen molar-refractivity contribution in [3.8, 4) is 0 Å². The summed E-state index contributed by atoms with van der Waals surface area (Å²) in [4.78, 5) is 29.1. The van der Waals surface area contributed by atoms with E-state index in [1.807, 2.05) is 6.92 Å². The Labute approximate surface area is 104 Å². The number of Topliss-reactive ketones (excluding diaryl/α,β-unsaturated/α-hetero) is 1. The van der Waals surface area contributed by atoms with Crippen molar-refractivity contribution >= 4 is 16.8 Å². The molecule has 2 N–H and O–H groups in total. The van der Waals surface area contributed by atoms with Crippen LogP contribution in [-0.4, -0.2) is 15.8 Å². The highest BCUT2D eigenvalue weighted by molar-refractivity contribution is 6.02. The Hall–Kier alpha value is -1.84. The molecule has 94 valence electrons. The van der Waals surface area contributed by atoms with E-state index >= 15 is 0 Å². The average Bonchev–Trinajstić information content (AvgIpc) is 2.93. The van der Waals surface area contributed by atoms with E-state index in [4.69, 9.17) is 0 Å². The Balaban J connectivity index is 2.03. The van der Waals surface area contributed by atoms with Crippen molar-refractivity contribution in [1.82, 2.24) is 9.97 Å². The van der Waals surface area contributed by atoms with Gasteiger partial charge in [0, 0.05) is 11.0 Å². The molecule has 1 saturated carbocycles. The maximum absolute atomic E-state index is 12.5. The van der Waals surface area contributed by atoms with Crippen LogP contribution in [0.3, 0.4) is 0 Å². The van der Waals surface area contributed by atoms with E-state index in [1.54, 1.807) is 18.2 Å². The van der Waals surface area contributed by atoms with E-state index in [2.05, 4.69) is 9.97 Å². The van der Waals surface area contributed by atoms with Crippen LogP contribution in [0.15, 0.2) is 23.0 Å². The second kappa shape index (κ2) is 3.83. The quantitative estimate of drug-likeness (QED) is 0.797. The van der Waals surface area contributed by atoms with Crippen LogP contribution in [0, 0.1) is 5.41 Å². The molecule has 1 heterocycles. The molecule has 4 heteroatoms. The summed E-state index contributed by atoms with van der Waals surface area (Å²) in [6.07, 6.45) is 4.19. The fourth-order valence-electron chi connectivity index (χ4n) is 2.90. The standard InChI is InChI=1S/C14H16N2O2/c1-14(6-2-3-7-14)12(17)9-4-5-10-11(8-9)16-13(18)15-10/h4-5,8H,2-3,6-7H2,1H3,(H2,15,16,18).